The molecule has 0 saturated carbocycles. The number of hydrogen-bond acceptors (Lipinski definition) is 4. The van der Waals surface area contributed by atoms with E-state index in [2.05, 4.69) is 11.9 Å². The maximum atomic E-state index is 13.6. The lowest BCUT2D eigenvalue weighted by Crippen LogP contribution is -2.39. The molecule has 0 aliphatic carbocycles. The Labute approximate surface area is 235 Å². The fourth-order valence-electron chi connectivity index (χ4n) is 4.46. The molecule has 2 atom stereocenters. The first-order valence-corrected chi connectivity index (χ1v) is 13.7. The van der Waals surface area contributed by atoms with Crippen LogP contribution in [0.25, 0.3) is 28.0 Å². The van der Waals surface area contributed by atoms with Gasteiger partial charge in [-0.3, -0.25) is 4.79 Å². The van der Waals surface area contributed by atoms with Gasteiger partial charge in [-0.2, -0.15) is 8.78 Å². The number of phenolic OH excluding ortho intramolecular Hbond substituents is 1. The molecule has 1 saturated heterocycles. The normalized spacial score (nSPS) is 13.4. The van der Waals surface area contributed by atoms with Crippen molar-refractivity contribution in [1.29, 1.82) is 0 Å². The molecule has 0 radical (unpaired) electrons. The predicted molar refractivity (Wildman–Crippen MR) is 160 cm³/mol. The quantitative estimate of drug-likeness (QED) is 0.159. The van der Waals surface area contributed by atoms with Gasteiger partial charge in [0.05, 0.1) is 0 Å². The summed E-state index contributed by atoms with van der Waals surface area (Å²) in [5.74, 6) is -0.392. The Morgan fingerprint density at radius 2 is 1.50 bits per heavy atom. The highest BCUT2D eigenvalue weighted by Crippen LogP contribution is 2.36. The summed E-state index contributed by atoms with van der Waals surface area (Å²) in [6.45, 7) is 4.04. The lowest BCUT2D eigenvalue weighted by Gasteiger charge is -2.21. The summed E-state index contributed by atoms with van der Waals surface area (Å²) in [5.41, 5.74) is 2.18. The van der Waals surface area contributed by atoms with Crippen LogP contribution in [-0.4, -0.2) is 24.0 Å². The average Bonchev–Trinajstić information content (AvgIpc) is 3.77. The maximum absolute atomic E-state index is 13.6. The fraction of sp³-hybridized carbons (Fsp3) is 0.156. The number of phenols is 1. The van der Waals surface area contributed by atoms with Crippen LogP contribution in [0.5, 0.6) is 5.75 Å². The summed E-state index contributed by atoms with van der Waals surface area (Å²) < 4.78 is 32.8. The third-order valence-electron chi connectivity index (χ3n) is 6.87. The second-order valence-electron chi connectivity index (χ2n) is 10.0. The van der Waals surface area contributed by atoms with Crippen LogP contribution in [0.15, 0.2) is 104 Å². The zero-order chi connectivity index (χ0) is 28.3. The molecule has 5 rings (SSSR count). The Kier molecular flexibility index (Phi) is 8.04. The van der Waals surface area contributed by atoms with Crippen molar-refractivity contribution in [2.75, 3.05) is 0 Å². The molecule has 4 aromatic rings. The van der Waals surface area contributed by atoms with E-state index in [1.807, 2.05) is 54.6 Å². The Hall–Kier alpha value is -3.96. The topological polar surface area (TPSA) is 58.6 Å². The molecule has 1 unspecified atom stereocenters. The molecule has 1 aliphatic heterocycles. The minimum Gasteiger partial charge on any atom is -0.535 e. The molecule has 202 valence electrons. The SMILES string of the molecule is C=C(N[C@@H](Cc1ccc(-c2ccccc2)cc1)C(=O)OB1CC1)c1cc(-c2ccc(C(F)(F)P)cc2)ccc1O. The van der Waals surface area contributed by atoms with Crippen molar-refractivity contribution >= 4 is 27.8 Å². The van der Waals surface area contributed by atoms with E-state index in [-0.39, 0.29) is 24.2 Å². The molecule has 4 nitrogen and oxygen atoms in total. The number of hydrogen-bond donors (Lipinski definition) is 2. The van der Waals surface area contributed by atoms with Gasteiger partial charge in [0, 0.05) is 23.2 Å². The molecule has 0 amide bonds. The van der Waals surface area contributed by atoms with Crippen molar-refractivity contribution in [2.24, 2.45) is 0 Å². The van der Waals surface area contributed by atoms with Gasteiger partial charge in [0.25, 0.3) is 5.66 Å². The number of benzene rings is 4. The Balaban J connectivity index is 1.35. The second-order valence-corrected chi connectivity index (χ2v) is 10.7. The van der Waals surface area contributed by atoms with Gasteiger partial charge in [-0.25, -0.2) is 0 Å². The maximum Gasteiger partial charge on any atom is 0.360 e. The van der Waals surface area contributed by atoms with E-state index in [9.17, 15) is 18.7 Å². The van der Waals surface area contributed by atoms with E-state index < -0.39 is 11.7 Å². The van der Waals surface area contributed by atoms with E-state index in [1.54, 1.807) is 24.3 Å². The van der Waals surface area contributed by atoms with Crippen LogP contribution in [0.4, 0.5) is 8.78 Å². The summed E-state index contributed by atoms with van der Waals surface area (Å²) in [7, 11) is 1.53. The smallest absolute Gasteiger partial charge is 0.360 e. The molecule has 1 heterocycles. The number of alkyl halides is 2. The van der Waals surface area contributed by atoms with E-state index >= 15 is 0 Å². The van der Waals surface area contributed by atoms with Crippen LogP contribution < -0.4 is 5.32 Å². The fourth-order valence-corrected chi connectivity index (χ4v) is 4.65. The van der Waals surface area contributed by atoms with E-state index in [4.69, 9.17) is 4.65 Å². The summed E-state index contributed by atoms with van der Waals surface area (Å²) in [6, 6.07) is 28.3. The lowest BCUT2D eigenvalue weighted by atomic mass is 9.95. The standard InChI is InChI=1S/C32H29BF2NO3P/c1-21(28-20-26(13-16-30(28)37)25-11-14-27(15-12-25)32(34,35)40)36-29(31(38)39-33-17-18-33)19-22-7-9-24(10-8-22)23-5-3-2-4-6-23/h2-16,20,29,36-37H,1,17-19,40H2/t29-/m0/s1. The summed E-state index contributed by atoms with van der Waals surface area (Å²) in [5, 5.41) is 13.8. The molecular weight excluding hydrogens is 526 g/mol. The molecule has 0 bridgehead atoms. The van der Waals surface area contributed by atoms with Gasteiger partial charge in [-0.1, -0.05) is 101 Å². The Morgan fingerprint density at radius 1 is 0.925 bits per heavy atom. The number of aromatic hydroxyl groups is 1. The largest absolute Gasteiger partial charge is 0.535 e. The van der Waals surface area contributed by atoms with Crippen LogP contribution in [0.3, 0.4) is 0 Å². The molecule has 1 aliphatic rings. The number of carbonyl (C=O) groups is 1. The van der Waals surface area contributed by atoms with Crippen LogP contribution in [-0.2, 0) is 21.5 Å². The van der Waals surface area contributed by atoms with Gasteiger partial charge in [-0.05, 0) is 52.6 Å². The van der Waals surface area contributed by atoms with E-state index in [0.717, 1.165) is 29.3 Å². The van der Waals surface area contributed by atoms with Gasteiger partial charge in [-0.15, -0.1) is 0 Å². The first-order chi connectivity index (χ1) is 19.2. The molecule has 8 heteroatoms. The van der Waals surface area contributed by atoms with Gasteiger partial charge in [0.1, 0.15) is 11.8 Å². The molecule has 1 fully saturated rings. The van der Waals surface area contributed by atoms with Gasteiger partial charge in [0.15, 0.2) is 0 Å². The van der Waals surface area contributed by atoms with E-state index in [0.29, 0.717) is 28.8 Å². The highest BCUT2D eigenvalue weighted by Gasteiger charge is 2.35. The van der Waals surface area contributed by atoms with Crippen LogP contribution in [0.1, 0.15) is 16.7 Å². The molecule has 40 heavy (non-hydrogen) atoms. The molecular formula is C32H29BF2NO3P. The third kappa shape index (κ3) is 6.78. The third-order valence-corrected chi connectivity index (χ3v) is 7.20. The van der Waals surface area contributed by atoms with Crippen molar-refractivity contribution in [3.8, 4) is 28.0 Å². The van der Waals surface area contributed by atoms with Crippen molar-refractivity contribution in [1.82, 2.24) is 5.32 Å². The zero-order valence-electron chi connectivity index (χ0n) is 21.8. The minimum absolute atomic E-state index is 0.0177. The Bertz CT molecular complexity index is 1500. The van der Waals surface area contributed by atoms with Crippen molar-refractivity contribution in [3.63, 3.8) is 0 Å². The number of rotatable bonds is 10. The highest BCUT2D eigenvalue weighted by atomic mass is 31.0. The molecule has 2 N–H and O–H groups in total. The second kappa shape index (κ2) is 11.7. The molecule has 0 aromatic heterocycles. The average molecular weight is 555 g/mol. The van der Waals surface area contributed by atoms with Crippen molar-refractivity contribution in [2.45, 2.75) is 30.8 Å². The van der Waals surface area contributed by atoms with E-state index in [1.165, 1.54) is 27.4 Å². The number of nitrogens with one attached hydrogen (secondary N) is 1. The van der Waals surface area contributed by atoms with Crippen molar-refractivity contribution in [3.05, 3.63) is 120 Å². The molecule has 0 spiro atoms. The van der Waals surface area contributed by atoms with Gasteiger partial charge < -0.3 is 15.1 Å². The van der Waals surface area contributed by atoms with Gasteiger partial charge in [0.2, 0.25) is 0 Å². The molecule has 4 aromatic carbocycles. The number of halogens is 2. The van der Waals surface area contributed by atoms with Crippen LogP contribution in [0, 0.1) is 0 Å². The van der Waals surface area contributed by atoms with Gasteiger partial charge >= 0.3 is 12.9 Å². The predicted octanol–water partition coefficient (Wildman–Crippen LogP) is 7.37. The summed E-state index contributed by atoms with van der Waals surface area (Å²) in [4.78, 5) is 13.1. The number of carbonyl (C=O) groups excluding carboxylic acids is 1. The summed E-state index contributed by atoms with van der Waals surface area (Å²) >= 11 is 0. The van der Waals surface area contributed by atoms with Crippen LogP contribution in [0.2, 0.25) is 12.6 Å². The lowest BCUT2D eigenvalue weighted by molar-refractivity contribution is -0.136. The van der Waals surface area contributed by atoms with Crippen molar-refractivity contribution < 1.29 is 23.3 Å². The first-order valence-electron chi connectivity index (χ1n) is 13.1. The minimum atomic E-state index is -3.01. The monoisotopic (exact) mass is 555 g/mol. The summed E-state index contributed by atoms with van der Waals surface area (Å²) in [6.07, 6.45) is 2.08. The Morgan fingerprint density at radius 3 is 2.12 bits per heavy atom. The highest BCUT2D eigenvalue weighted by molar-refractivity contribution is 7.17. The van der Waals surface area contributed by atoms with Crippen LogP contribution >= 0.6 is 9.24 Å². The first kappa shape index (κ1) is 27.6. The zero-order valence-corrected chi connectivity index (χ0v) is 23.0.